The van der Waals surface area contributed by atoms with Crippen molar-refractivity contribution < 1.29 is 28.4 Å². The van der Waals surface area contributed by atoms with Crippen LogP contribution in [0.5, 0.6) is 5.75 Å². The quantitative estimate of drug-likeness (QED) is 0.475. The lowest BCUT2D eigenvalue weighted by Gasteiger charge is -2.64. The van der Waals surface area contributed by atoms with Crippen LogP contribution in [0.3, 0.4) is 0 Å². The number of amides is 1. The maximum Gasteiger partial charge on any atom is 0.482 e. The van der Waals surface area contributed by atoms with Crippen molar-refractivity contribution in [1.82, 2.24) is 5.32 Å². The van der Waals surface area contributed by atoms with Gasteiger partial charge >= 0.3 is 13.1 Å². The summed E-state index contributed by atoms with van der Waals surface area (Å²) in [5, 5.41) is 3.10. The number of nitrogens with one attached hydrogen (secondary N) is 1. The van der Waals surface area contributed by atoms with E-state index < -0.39 is 19.0 Å². The molecule has 5 rings (SSSR count). The first-order valence-electron chi connectivity index (χ1n) is 12.1. The number of para-hydroxylation sites is 1. The van der Waals surface area contributed by atoms with Gasteiger partial charge in [-0.25, -0.2) is 4.79 Å². The molecule has 5 unspecified atom stereocenters. The molecule has 1 N–H and O–H groups in total. The molecule has 180 valence electrons. The summed E-state index contributed by atoms with van der Waals surface area (Å²) in [6.07, 6.45) is 2.94. The van der Waals surface area contributed by atoms with E-state index in [4.69, 9.17) is 18.8 Å². The summed E-state index contributed by atoms with van der Waals surface area (Å²) < 4.78 is 23.9. The van der Waals surface area contributed by atoms with Gasteiger partial charge in [-0.2, -0.15) is 0 Å². The van der Waals surface area contributed by atoms with E-state index in [0.717, 1.165) is 18.4 Å². The normalized spacial score (nSPS) is 30.1. The van der Waals surface area contributed by atoms with E-state index in [2.05, 4.69) is 26.1 Å². The minimum atomic E-state index is -0.568. The molecule has 5 atom stereocenters. The van der Waals surface area contributed by atoms with Gasteiger partial charge in [0.15, 0.2) is 0 Å². The van der Waals surface area contributed by atoms with E-state index in [0.29, 0.717) is 36.0 Å². The van der Waals surface area contributed by atoms with Crippen LogP contribution in [0.1, 0.15) is 69.8 Å². The third-order valence-electron chi connectivity index (χ3n) is 8.20. The molecule has 33 heavy (non-hydrogen) atoms. The van der Waals surface area contributed by atoms with Crippen LogP contribution in [0.2, 0.25) is 0 Å². The highest BCUT2D eigenvalue weighted by atomic mass is 16.7. The molecule has 1 amide bonds. The van der Waals surface area contributed by atoms with Gasteiger partial charge in [-0.1, -0.05) is 32.9 Å². The van der Waals surface area contributed by atoms with Crippen molar-refractivity contribution in [2.75, 3.05) is 13.7 Å². The van der Waals surface area contributed by atoms with Crippen molar-refractivity contribution in [3.05, 3.63) is 29.3 Å². The fourth-order valence-electron chi connectivity index (χ4n) is 6.19. The molecule has 1 aromatic rings. The topological polar surface area (TPSA) is 83.1 Å². The second-order valence-corrected chi connectivity index (χ2v) is 10.3. The van der Waals surface area contributed by atoms with Gasteiger partial charge in [0.05, 0.1) is 31.4 Å². The SMILES string of the molecule is CCOC(=O)c1cccc(CC(NC(=O)CC)B2OC3CC4CC(C4(C)C)C3(C)O2)c1OC. The Morgan fingerprint density at radius 1 is 1.24 bits per heavy atom. The Hall–Kier alpha value is -2.06. The predicted molar refractivity (Wildman–Crippen MR) is 125 cm³/mol. The zero-order chi connectivity index (χ0) is 24.0. The second kappa shape index (κ2) is 8.95. The molecule has 1 aliphatic heterocycles. The number of carbonyl (C=O) groups is 2. The third kappa shape index (κ3) is 4.05. The van der Waals surface area contributed by atoms with E-state index in [1.54, 1.807) is 19.1 Å². The van der Waals surface area contributed by atoms with Gasteiger partial charge in [0.2, 0.25) is 5.91 Å². The zero-order valence-electron chi connectivity index (χ0n) is 20.6. The van der Waals surface area contributed by atoms with Crippen LogP contribution in [-0.4, -0.2) is 50.4 Å². The number of benzene rings is 1. The second-order valence-electron chi connectivity index (χ2n) is 10.3. The Labute approximate surface area is 197 Å². The van der Waals surface area contributed by atoms with E-state index >= 15 is 0 Å². The molecule has 4 fully saturated rings. The van der Waals surface area contributed by atoms with E-state index in [9.17, 15) is 9.59 Å². The number of esters is 1. The highest BCUT2D eigenvalue weighted by molar-refractivity contribution is 6.48. The number of methoxy groups -OCH3 is 1. The average Bonchev–Trinajstić information content (AvgIpc) is 3.15. The summed E-state index contributed by atoms with van der Waals surface area (Å²) in [7, 11) is 0.968. The molecule has 2 bridgehead atoms. The standard InChI is InChI=1S/C25H36BNO6/c1-7-21(28)27-20(12-15-10-9-11-17(22(15)30-6)23(29)31-8-2)26-32-19-14-16-13-18(24(16,3)4)25(19,5)33-26/h9-11,16,18-20H,7-8,12-14H2,1-6H3,(H,27,28). The van der Waals surface area contributed by atoms with Gasteiger partial charge in [-0.15, -0.1) is 0 Å². The molecule has 3 aliphatic carbocycles. The summed E-state index contributed by atoms with van der Waals surface area (Å²) in [6.45, 7) is 10.7. The summed E-state index contributed by atoms with van der Waals surface area (Å²) in [4.78, 5) is 24.9. The first kappa shape index (κ1) is 24.1. The molecule has 1 aromatic carbocycles. The maximum absolute atomic E-state index is 12.4. The molecule has 4 aliphatic rings. The highest BCUT2D eigenvalue weighted by Crippen LogP contribution is 2.65. The Balaban J connectivity index is 1.60. The molecule has 3 saturated carbocycles. The van der Waals surface area contributed by atoms with Crippen LogP contribution in [0.15, 0.2) is 18.2 Å². The Kier molecular flexibility index (Phi) is 6.53. The first-order valence-corrected chi connectivity index (χ1v) is 12.1. The zero-order valence-corrected chi connectivity index (χ0v) is 20.6. The van der Waals surface area contributed by atoms with Gasteiger partial charge in [-0.3, -0.25) is 4.79 Å². The van der Waals surface area contributed by atoms with Crippen LogP contribution in [0.25, 0.3) is 0 Å². The third-order valence-corrected chi connectivity index (χ3v) is 8.20. The number of ether oxygens (including phenoxy) is 2. The smallest absolute Gasteiger partial charge is 0.482 e. The Morgan fingerprint density at radius 3 is 2.64 bits per heavy atom. The maximum atomic E-state index is 12.4. The summed E-state index contributed by atoms with van der Waals surface area (Å²) in [5.41, 5.74) is 1.04. The fraction of sp³-hybridized carbons (Fsp3) is 0.680. The van der Waals surface area contributed by atoms with Crippen LogP contribution >= 0.6 is 0 Å². The minimum Gasteiger partial charge on any atom is -0.496 e. The molecular weight excluding hydrogens is 421 g/mol. The summed E-state index contributed by atoms with van der Waals surface area (Å²) >= 11 is 0. The predicted octanol–water partition coefficient (Wildman–Crippen LogP) is 3.58. The first-order chi connectivity index (χ1) is 15.6. The molecule has 0 radical (unpaired) electrons. The number of hydrogen-bond donors (Lipinski definition) is 1. The monoisotopic (exact) mass is 457 g/mol. The average molecular weight is 457 g/mol. The van der Waals surface area contributed by atoms with Crippen LogP contribution in [-0.2, 0) is 25.3 Å². The van der Waals surface area contributed by atoms with Crippen LogP contribution < -0.4 is 10.1 Å². The lowest BCUT2D eigenvalue weighted by Crippen LogP contribution is -2.65. The minimum absolute atomic E-state index is 0.0214. The highest BCUT2D eigenvalue weighted by Gasteiger charge is 2.68. The van der Waals surface area contributed by atoms with Gasteiger partial charge < -0.3 is 24.1 Å². The van der Waals surface area contributed by atoms with E-state index in [1.165, 1.54) is 7.11 Å². The number of carbonyl (C=O) groups excluding carboxylic acids is 2. The van der Waals surface area contributed by atoms with Crippen molar-refractivity contribution in [3.8, 4) is 5.75 Å². The van der Waals surface area contributed by atoms with Crippen molar-refractivity contribution >= 4 is 19.0 Å². The summed E-state index contributed by atoms with van der Waals surface area (Å²) in [6, 6.07) is 5.39. The Morgan fingerprint density at radius 2 is 2.00 bits per heavy atom. The lowest BCUT2D eigenvalue weighted by atomic mass is 9.43. The van der Waals surface area contributed by atoms with E-state index in [1.807, 2.05) is 13.0 Å². The van der Waals surface area contributed by atoms with Crippen molar-refractivity contribution in [1.29, 1.82) is 0 Å². The molecule has 0 aromatic heterocycles. The molecular formula is C25H36BNO6. The van der Waals surface area contributed by atoms with Gasteiger partial charge in [0, 0.05) is 6.42 Å². The molecule has 1 heterocycles. The molecule has 0 spiro atoms. The van der Waals surface area contributed by atoms with Crippen LogP contribution in [0.4, 0.5) is 0 Å². The van der Waals surface area contributed by atoms with Crippen molar-refractivity contribution in [3.63, 3.8) is 0 Å². The van der Waals surface area contributed by atoms with Crippen molar-refractivity contribution in [2.45, 2.75) is 77.9 Å². The summed E-state index contributed by atoms with van der Waals surface area (Å²) in [5.74, 6) is 0.621. The molecule has 8 heteroatoms. The van der Waals surface area contributed by atoms with E-state index in [-0.39, 0.29) is 29.6 Å². The largest absolute Gasteiger partial charge is 0.496 e. The molecule has 1 saturated heterocycles. The number of hydrogen-bond acceptors (Lipinski definition) is 6. The van der Waals surface area contributed by atoms with Crippen molar-refractivity contribution in [2.24, 2.45) is 17.3 Å². The van der Waals surface area contributed by atoms with Gasteiger partial charge in [-0.05, 0) is 62.0 Å². The lowest BCUT2D eigenvalue weighted by molar-refractivity contribution is -0.199. The number of rotatable bonds is 8. The van der Waals surface area contributed by atoms with Gasteiger partial charge in [0.1, 0.15) is 11.3 Å². The fourth-order valence-corrected chi connectivity index (χ4v) is 6.19. The van der Waals surface area contributed by atoms with Crippen LogP contribution in [0, 0.1) is 17.3 Å². The van der Waals surface area contributed by atoms with Gasteiger partial charge in [0.25, 0.3) is 0 Å². The molecule has 7 nitrogen and oxygen atoms in total. The Bertz CT molecular complexity index is 920.